The predicted octanol–water partition coefficient (Wildman–Crippen LogP) is 1.29. The van der Waals surface area contributed by atoms with Crippen molar-refractivity contribution in [3.8, 4) is 5.75 Å². The van der Waals surface area contributed by atoms with Crippen molar-refractivity contribution in [3.63, 3.8) is 0 Å². The summed E-state index contributed by atoms with van der Waals surface area (Å²) in [4.78, 5) is 3.12. The van der Waals surface area contributed by atoms with Crippen LogP contribution < -0.4 is 10.1 Å². The summed E-state index contributed by atoms with van der Waals surface area (Å²) in [6.07, 6.45) is 0. The van der Waals surface area contributed by atoms with E-state index in [1.165, 1.54) is 0 Å². The Balaban J connectivity index is 1.80. The van der Waals surface area contributed by atoms with Gasteiger partial charge in [-0.3, -0.25) is 4.90 Å². The second-order valence-electron chi connectivity index (χ2n) is 4.41. The van der Waals surface area contributed by atoms with Crippen LogP contribution in [-0.2, 0) is 4.74 Å². The van der Waals surface area contributed by atoms with Gasteiger partial charge in [-0.25, -0.2) is 0 Å². The van der Waals surface area contributed by atoms with Crippen LogP contribution in [0.15, 0.2) is 24.3 Å². The van der Waals surface area contributed by atoms with Gasteiger partial charge in [0.25, 0.3) is 0 Å². The minimum Gasteiger partial charge on any atom is -0.496 e. The van der Waals surface area contributed by atoms with E-state index >= 15 is 0 Å². The Morgan fingerprint density at radius 2 is 2.11 bits per heavy atom. The van der Waals surface area contributed by atoms with Crippen LogP contribution in [0.5, 0.6) is 5.75 Å². The zero-order valence-corrected chi connectivity index (χ0v) is 12.0. The van der Waals surface area contributed by atoms with Crippen molar-refractivity contribution in [1.29, 1.82) is 0 Å². The van der Waals surface area contributed by atoms with Crippen molar-refractivity contribution < 1.29 is 9.47 Å². The lowest BCUT2D eigenvalue weighted by Gasteiger charge is -2.26. The molecule has 19 heavy (non-hydrogen) atoms. The van der Waals surface area contributed by atoms with Gasteiger partial charge in [-0.1, -0.05) is 24.4 Å². The second-order valence-corrected chi connectivity index (χ2v) is 4.82. The number of para-hydroxylation sites is 1. The summed E-state index contributed by atoms with van der Waals surface area (Å²) in [5, 5.41) is 3.29. The monoisotopic (exact) mass is 280 g/mol. The molecule has 0 aromatic heterocycles. The van der Waals surface area contributed by atoms with Crippen molar-refractivity contribution in [2.45, 2.75) is 0 Å². The van der Waals surface area contributed by atoms with Crippen LogP contribution in [0.25, 0.3) is 0 Å². The lowest BCUT2D eigenvalue weighted by Crippen LogP contribution is -2.41. The van der Waals surface area contributed by atoms with E-state index < -0.39 is 0 Å². The number of nitrogens with one attached hydrogen (secondary N) is 1. The maximum atomic E-state index is 5.41. The predicted molar refractivity (Wildman–Crippen MR) is 80.0 cm³/mol. The molecule has 1 saturated heterocycles. The van der Waals surface area contributed by atoms with Gasteiger partial charge in [0.15, 0.2) is 0 Å². The Kier molecular flexibility index (Phi) is 5.57. The van der Waals surface area contributed by atoms with E-state index in [9.17, 15) is 0 Å². The van der Waals surface area contributed by atoms with E-state index in [4.69, 9.17) is 21.7 Å². The summed E-state index contributed by atoms with van der Waals surface area (Å²) < 4.78 is 10.6. The smallest absolute Gasteiger partial charge is 0.129 e. The molecule has 0 radical (unpaired) electrons. The molecule has 0 aliphatic carbocycles. The van der Waals surface area contributed by atoms with Gasteiger partial charge in [0.05, 0.1) is 25.9 Å². The van der Waals surface area contributed by atoms with Gasteiger partial charge in [-0.15, -0.1) is 0 Å². The average Bonchev–Trinajstić information content (AvgIpc) is 2.48. The van der Waals surface area contributed by atoms with E-state index in [0.29, 0.717) is 0 Å². The summed E-state index contributed by atoms with van der Waals surface area (Å²) >= 11 is 5.41. The lowest BCUT2D eigenvalue weighted by atomic mass is 10.2. The Labute approximate surface area is 119 Å². The molecule has 0 bridgehead atoms. The van der Waals surface area contributed by atoms with Gasteiger partial charge in [-0.05, 0) is 12.1 Å². The van der Waals surface area contributed by atoms with Crippen molar-refractivity contribution in [1.82, 2.24) is 10.2 Å². The highest BCUT2D eigenvalue weighted by molar-refractivity contribution is 7.80. The van der Waals surface area contributed by atoms with E-state index in [1.54, 1.807) is 7.11 Å². The SMILES string of the molecule is COc1ccccc1C(=S)NCCN1CCOCC1. The number of thiocarbonyl (C=S) groups is 1. The lowest BCUT2D eigenvalue weighted by molar-refractivity contribution is 0.0389. The normalized spacial score (nSPS) is 16.1. The second kappa shape index (κ2) is 7.43. The molecule has 1 N–H and O–H groups in total. The van der Waals surface area contributed by atoms with Crippen LogP contribution in [0.1, 0.15) is 5.56 Å². The minimum absolute atomic E-state index is 0.741. The molecular formula is C14H20N2O2S. The fourth-order valence-corrected chi connectivity index (χ4v) is 2.35. The highest BCUT2D eigenvalue weighted by Gasteiger charge is 2.11. The molecule has 5 heteroatoms. The first-order chi connectivity index (χ1) is 9.31. The maximum Gasteiger partial charge on any atom is 0.129 e. The number of benzene rings is 1. The number of ether oxygens (including phenoxy) is 2. The molecule has 1 heterocycles. The van der Waals surface area contributed by atoms with Gasteiger partial charge < -0.3 is 14.8 Å². The molecule has 1 aromatic rings. The first-order valence-electron chi connectivity index (χ1n) is 6.52. The Morgan fingerprint density at radius 3 is 2.84 bits per heavy atom. The van der Waals surface area contributed by atoms with Gasteiger partial charge in [-0.2, -0.15) is 0 Å². The summed E-state index contributed by atoms with van der Waals surface area (Å²) in [5.41, 5.74) is 0.946. The van der Waals surface area contributed by atoms with E-state index in [2.05, 4.69) is 10.2 Å². The van der Waals surface area contributed by atoms with Crippen molar-refractivity contribution in [2.24, 2.45) is 0 Å². The third-order valence-corrected chi connectivity index (χ3v) is 3.53. The first kappa shape index (κ1) is 14.2. The van der Waals surface area contributed by atoms with E-state index in [0.717, 1.165) is 55.7 Å². The Bertz CT molecular complexity index is 420. The van der Waals surface area contributed by atoms with Crippen LogP contribution in [0, 0.1) is 0 Å². The minimum atomic E-state index is 0.741. The van der Waals surface area contributed by atoms with Crippen LogP contribution in [-0.4, -0.2) is 56.4 Å². The fourth-order valence-electron chi connectivity index (χ4n) is 2.08. The summed E-state index contributed by atoms with van der Waals surface area (Å²) in [6, 6.07) is 7.81. The third kappa shape index (κ3) is 4.16. The maximum absolute atomic E-state index is 5.41. The summed E-state index contributed by atoms with van der Waals surface area (Å²) in [7, 11) is 1.66. The fraction of sp³-hybridized carbons (Fsp3) is 0.500. The average molecular weight is 280 g/mol. The Morgan fingerprint density at radius 1 is 1.37 bits per heavy atom. The van der Waals surface area contributed by atoms with E-state index in [-0.39, 0.29) is 0 Å². The molecule has 2 rings (SSSR count). The van der Waals surface area contributed by atoms with Crippen LogP contribution >= 0.6 is 12.2 Å². The van der Waals surface area contributed by atoms with Crippen LogP contribution in [0.2, 0.25) is 0 Å². The molecule has 1 aliphatic rings. The summed E-state index contributed by atoms with van der Waals surface area (Å²) in [5.74, 6) is 0.811. The summed E-state index contributed by atoms with van der Waals surface area (Å²) in [6.45, 7) is 5.50. The quantitative estimate of drug-likeness (QED) is 0.822. The van der Waals surface area contributed by atoms with Gasteiger partial charge in [0, 0.05) is 26.2 Å². The van der Waals surface area contributed by atoms with Gasteiger partial charge >= 0.3 is 0 Å². The number of morpholine rings is 1. The number of nitrogens with zero attached hydrogens (tertiary/aromatic N) is 1. The van der Waals surface area contributed by atoms with Gasteiger partial charge in [0.2, 0.25) is 0 Å². The number of hydrogen-bond acceptors (Lipinski definition) is 4. The van der Waals surface area contributed by atoms with Crippen molar-refractivity contribution in [2.75, 3.05) is 46.5 Å². The number of methoxy groups -OCH3 is 1. The molecule has 4 nitrogen and oxygen atoms in total. The molecule has 1 aromatic carbocycles. The van der Waals surface area contributed by atoms with E-state index in [1.807, 2.05) is 24.3 Å². The molecule has 1 aliphatic heterocycles. The highest BCUT2D eigenvalue weighted by Crippen LogP contribution is 2.17. The number of rotatable bonds is 5. The molecule has 0 spiro atoms. The van der Waals surface area contributed by atoms with Crippen molar-refractivity contribution in [3.05, 3.63) is 29.8 Å². The Hall–Kier alpha value is -1.17. The van der Waals surface area contributed by atoms with Crippen LogP contribution in [0.4, 0.5) is 0 Å². The largest absolute Gasteiger partial charge is 0.496 e. The zero-order valence-electron chi connectivity index (χ0n) is 11.2. The molecule has 0 amide bonds. The molecule has 0 atom stereocenters. The zero-order chi connectivity index (χ0) is 13.5. The molecule has 1 fully saturated rings. The molecule has 0 saturated carbocycles. The topological polar surface area (TPSA) is 33.7 Å². The molecular weight excluding hydrogens is 260 g/mol. The van der Waals surface area contributed by atoms with Gasteiger partial charge in [0.1, 0.15) is 10.7 Å². The molecule has 0 unspecified atom stereocenters. The third-order valence-electron chi connectivity index (χ3n) is 3.17. The first-order valence-corrected chi connectivity index (χ1v) is 6.93. The standard InChI is InChI=1S/C14H20N2O2S/c1-17-13-5-3-2-4-12(13)14(19)15-6-7-16-8-10-18-11-9-16/h2-5H,6-11H2,1H3,(H,15,19). The highest BCUT2D eigenvalue weighted by atomic mass is 32.1. The molecule has 104 valence electrons. The van der Waals surface area contributed by atoms with Crippen molar-refractivity contribution >= 4 is 17.2 Å². The van der Waals surface area contributed by atoms with Crippen LogP contribution in [0.3, 0.4) is 0 Å². The number of hydrogen-bond donors (Lipinski definition) is 1.